The lowest BCUT2D eigenvalue weighted by Crippen LogP contribution is -2.61. The van der Waals surface area contributed by atoms with Crippen LogP contribution in [0.1, 0.15) is 194 Å². The molecule has 7 rings (SSSR count). The number of alkyl carbamates (subject to hydrolysis) is 1. The summed E-state index contributed by atoms with van der Waals surface area (Å²) in [7, 11) is 8.01. The Labute approximate surface area is 791 Å². The number of anilines is 3. The number of carboxylic acid groups (broad SMARTS) is 2. The van der Waals surface area contributed by atoms with Crippen molar-refractivity contribution in [2.24, 2.45) is 47.3 Å². The summed E-state index contributed by atoms with van der Waals surface area (Å²) in [5.74, 6) is -14.5. The van der Waals surface area contributed by atoms with E-state index in [2.05, 4.69) is 53.4 Å². The van der Waals surface area contributed by atoms with E-state index < -0.39 is 168 Å². The number of methoxy groups -OCH3 is 2. The van der Waals surface area contributed by atoms with Crippen LogP contribution in [0.3, 0.4) is 0 Å². The second-order valence-corrected chi connectivity index (χ2v) is 39.9. The highest BCUT2D eigenvalue weighted by molar-refractivity contribution is 8.77. The second kappa shape index (κ2) is 56.2. The number of nitrogens with two attached hydrogens (primary N) is 2. The molecule has 13 N–H and O–H groups in total. The molecule has 2 aromatic heterocycles. The number of nitrogen functional groups attached to an aromatic ring is 2. The standard InChI is InChI=1S/C92H132N12O25S4/c1-52-18-13-12-14-19-53(2)74(123-10)45-67-29-22-59(8)92(122,129-67)82(113)86(115)104-33-16-15-20-70(104)89(120)128-75(46-71(107)54(3)41-58(7)80(112)81(124-11)79(111)57(6)40-52)56(5)43-61-23-31-73(55(4)42-61)125-34-35-126-77(110)21-17-37-130-131-38-32-76(109)96-50-69(99-60(9)105)72(108)44-63(87(116)117)51-133-132-39-36-127-91(121)98-49-66(106)28-30-68(88(118)119)101-85(114)62-24-26-64(27-25-62)95-47-65-48-97-84-78(100-65)83(93)102-90(94)103-84/h12-14,18-19,24-27,41,48,52,54-57,59,61,63,67-70,73-75,80-81,95,112,122H,15-17,20-23,28-40,42-47,49-51H2,1-11H3,(H,96,109)(H,98,121)(H,99,105)(H,101,114)(H,116,117)(H,118,119)(H4,93,94,97,102,103)/b14-12?,18-13+,53-19?,58-41+/t52-,54-,55-,56-,57-,59-,61-,63+,67+,68+,69+,70+,73-,74+,75+,80-,81+,92-/m1/s1. The number of esters is 2. The van der Waals surface area contributed by atoms with Gasteiger partial charge in [0.2, 0.25) is 23.5 Å². The molecule has 4 aliphatic rings. The van der Waals surface area contributed by atoms with Gasteiger partial charge < -0.3 is 96.5 Å². The van der Waals surface area contributed by atoms with Crippen LogP contribution in [0.2, 0.25) is 0 Å². The summed E-state index contributed by atoms with van der Waals surface area (Å²) >= 11 is 0. The van der Waals surface area contributed by atoms with Crippen molar-refractivity contribution in [2.75, 3.05) is 93.5 Å². The monoisotopic (exact) mass is 1930 g/mol. The van der Waals surface area contributed by atoms with Gasteiger partial charge in [0.1, 0.15) is 55.4 Å². The van der Waals surface area contributed by atoms with E-state index >= 15 is 0 Å². The van der Waals surface area contributed by atoms with Crippen molar-refractivity contribution in [3.63, 3.8) is 0 Å². The minimum atomic E-state index is -2.49. The van der Waals surface area contributed by atoms with Gasteiger partial charge in [0.05, 0.1) is 55.8 Å². The highest BCUT2D eigenvalue weighted by Crippen LogP contribution is 2.40. The average molecular weight is 1930 g/mol. The minimum Gasteiger partial charge on any atom is -0.481 e. The molecule has 1 saturated carbocycles. The Kier molecular flexibility index (Phi) is 46.7. The Balaban J connectivity index is 0.775. The molecule has 3 fully saturated rings. The number of benzene rings is 1. The zero-order valence-corrected chi connectivity index (χ0v) is 80.8. The summed E-state index contributed by atoms with van der Waals surface area (Å²) in [6, 6.07) is 2.27. The lowest BCUT2D eigenvalue weighted by molar-refractivity contribution is -0.265. The number of nitrogens with zero attached hydrogens (tertiary/aromatic N) is 5. The van der Waals surface area contributed by atoms with Gasteiger partial charge in [0, 0.05) is 125 Å². The molecule has 133 heavy (non-hydrogen) atoms. The number of aliphatic hydroxyl groups is 2. The summed E-state index contributed by atoms with van der Waals surface area (Å²) in [4.78, 5) is 203. The lowest BCUT2D eigenvalue weighted by Gasteiger charge is -2.42. The number of nitrogens with one attached hydrogen (secondary N) is 5. The van der Waals surface area contributed by atoms with E-state index in [1.54, 1.807) is 53.0 Å². The number of allylic oxidation sites excluding steroid dienone is 6. The number of aliphatic hydroxyl groups excluding tert-OH is 1. The van der Waals surface area contributed by atoms with E-state index in [4.69, 9.17) is 44.6 Å². The number of amides is 5. The van der Waals surface area contributed by atoms with Crippen molar-refractivity contribution >= 4 is 154 Å². The van der Waals surface area contributed by atoms with Crippen LogP contribution in [-0.4, -0.2) is 265 Å². The smallest absolute Gasteiger partial charge is 0.407 e. The molecular formula is C92H132N12O25S4. The number of piperidine rings is 1. The predicted octanol–water partition coefficient (Wildman–Crippen LogP) is 9.05. The van der Waals surface area contributed by atoms with Crippen molar-refractivity contribution < 1.29 is 121 Å². The van der Waals surface area contributed by atoms with Crippen molar-refractivity contribution in [3.05, 3.63) is 89.3 Å². The average Bonchev–Trinajstić information content (AvgIpc) is 0.768. The van der Waals surface area contributed by atoms with Gasteiger partial charge >= 0.3 is 30.0 Å². The van der Waals surface area contributed by atoms with Gasteiger partial charge in [-0.05, 0) is 150 Å². The normalized spacial score (nSPS) is 25.5. The number of ketones is 5. The van der Waals surface area contributed by atoms with Crippen LogP contribution in [0.5, 0.6) is 0 Å². The fourth-order valence-corrected chi connectivity index (χ4v) is 20.4. The van der Waals surface area contributed by atoms with Crippen LogP contribution in [-0.2, 0) is 97.2 Å². The van der Waals surface area contributed by atoms with E-state index in [9.17, 15) is 87.5 Å². The molecule has 1 aliphatic carbocycles. The van der Waals surface area contributed by atoms with E-state index in [-0.39, 0.29) is 160 Å². The maximum Gasteiger partial charge on any atom is 0.407 e. The molecule has 2 saturated heterocycles. The van der Waals surface area contributed by atoms with E-state index in [0.717, 1.165) is 40.0 Å². The maximum atomic E-state index is 14.8. The third kappa shape index (κ3) is 36.3. The lowest BCUT2D eigenvalue weighted by atomic mass is 9.75. The third-order valence-corrected chi connectivity index (χ3v) is 28.9. The molecule has 1 aromatic carbocycles. The van der Waals surface area contributed by atoms with Gasteiger partial charge in [0.25, 0.3) is 17.6 Å². The van der Waals surface area contributed by atoms with Gasteiger partial charge in [-0.25, -0.2) is 24.4 Å². The van der Waals surface area contributed by atoms with Crippen LogP contribution in [0, 0.1) is 47.3 Å². The van der Waals surface area contributed by atoms with Gasteiger partial charge in [-0.3, -0.25) is 52.7 Å². The predicted molar refractivity (Wildman–Crippen MR) is 503 cm³/mol. The third-order valence-electron chi connectivity index (χ3n) is 24.0. The van der Waals surface area contributed by atoms with Gasteiger partial charge in [-0.15, -0.1) is 0 Å². The van der Waals surface area contributed by atoms with E-state index in [1.807, 2.05) is 51.2 Å². The maximum absolute atomic E-state index is 14.8. The summed E-state index contributed by atoms with van der Waals surface area (Å²) in [6.07, 6.45) is 11.6. The topological polar surface area (TPSA) is 551 Å². The number of carbonyl (C=O) groups excluding carboxylic acids is 12. The summed E-state index contributed by atoms with van der Waals surface area (Å²) in [5.41, 5.74) is 14.5. The van der Waals surface area contributed by atoms with Crippen LogP contribution < -0.4 is 38.1 Å². The van der Waals surface area contributed by atoms with Gasteiger partial charge in [0.15, 0.2) is 34.3 Å². The molecule has 5 heterocycles. The molecule has 3 aliphatic heterocycles. The fraction of sp³-hybridized carbons (Fsp3) is 0.630. The molecule has 0 unspecified atom stereocenters. The number of carbonyl (C=O) groups is 14. The minimum absolute atomic E-state index is 0.0306. The highest BCUT2D eigenvalue weighted by Gasteiger charge is 2.53. The van der Waals surface area contributed by atoms with Gasteiger partial charge in [-0.1, -0.05) is 121 Å². The number of ether oxygens (including phenoxy) is 7. The van der Waals surface area contributed by atoms with Crippen LogP contribution in [0.15, 0.2) is 78.1 Å². The molecule has 37 nitrogen and oxygen atoms in total. The summed E-state index contributed by atoms with van der Waals surface area (Å²) < 4.78 is 41.0. The number of hydrogen-bond donors (Lipinski definition) is 11. The largest absolute Gasteiger partial charge is 0.481 e. The Morgan fingerprint density at radius 1 is 0.759 bits per heavy atom. The molecule has 734 valence electrons. The Bertz CT molecular complexity index is 4600. The van der Waals surface area contributed by atoms with Crippen LogP contribution in [0.25, 0.3) is 11.2 Å². The highest BCUT2D eigenvalue weighted by atomic mass is 33.1. The first-order chi connectivity index (χ1) is 63.3. The first kappa shape index (κ1) is 111. The fourth-order valence-electron chi connectivity index (χ4n) is 16.2. The molecule has 5 amide bonds. The first-order valence-electron chi connectivity index (χ1n) is 45.2. The molecule has 0 spiro atoms. The zero-order valence-electron chi connectivity index (χ0n) is 77.6. The molecule has 2 bridgehead atoms. The summed E-state index contributed by atoms with van der Waals surface area (Å²) in [5, 5.41) is 56.5. The number of aromatic nitrogens is 4. The van der Waals surface area contributed by atoms with Gasteiger partial charge in [-0.2, -0.15) is 9.97 Å². The quantitative estimate of drug-likeness (QED) is 0.00630. The second-order valence-electron chi connectivity index (χ2n) is 34.6. The van der Waals surface area contributed by atoms with E-state index in [1.165, 1.54) is 58.9 Å². The van der Waals surface area contributed by atoms with Crippen LogP contribution in [0.4, 0.5) is 22.2 Å². The molecule has 0 radical (unpaired) electrons. The number of fused-ring (bicyclic) bond motifs is 4. The van der Waals surface area contributed by atoms with Crippen molar-refractivity contribution in [3.8, 4) is 0 Å². The Morgan fingerprint density at radius 3 is 2.20 bits per heavy atom. The number of rotatable bonds is 41. The Morgan fingerprint density at radius 2 is 1.50 bits per heavy atom. The van der Waals surface area contributed by atoms with Crippen molar-refractivity contribution in [1.82, 2.24) is 46.1 Å². The van der Waals surface area contributed by atoms with Crippen molar-refractivity contribution in [1.29, 1.82) is 0 Å². The SMILES string of the molecule is CO[C@H]1C[C@@H]2CC[C@@H](C)[C@@](O)(O2)C(=O)C(=O)N2CCCC[C@H]2C(=O)O[C@H]([C@H](C)C[C@@H]2CC[C@@H](OCCOC(=O)CCCSSCCC(=O)NC[C@H](NC(C)=O)C(=O)C[C@@H](CSSCCOC(=O)NCC(=O)CC[C@H](NC(=O)c3ccc(NCc4cnc5nc(N)nc(N)c5n4)cc3)C(=O)O)C(=O)O)[C@H](C)C2)CC(=O)[C@H](C)/C=C(\C)[C@@H](O)[C@@H](OC)C(=O)[C@H](C)C[C@H](C)/C=C/C=CC=C1C. The first-order valence-corrected chi connectivity index (χ1v) is 50.1. The number of carboxylic acids is 2. The van der Waals surface area contributed by atoms with Crippen molar-refractivity contribution in [2.45, 2.75) is 245 Å². The van der Waals surface area contributed by atoms with Crippen LogP contribution >= 0.6 is 43.2 Å². The number of hydrogen-bond acceptors (Lipinski definition) is 34. The molecular weight excluding hydrogens is 1800 g/mol. The summed E-state index contributed by atoms with van der Waals surface area (Å²) in [6.45, 7) is 15.3. The molecule has 41 heteroatoms. The van der Waals surface area contributed by atoms with E-state index in [0.29, 0.717) is 79.8 Å². The number of Topliss-reactive ketones (excluding diaryl/α,β-unsaturated/α-hetero) is 5. The number of cyclic esters (lactones) is 1. The molecule has 3 aromatic rings. The number of aliphatic carboxylic acids is 2. The molecule has 18 atom stereocenters. The Hall–Kier alpha value is -9.46. The zero-order chi connectivity index (χ0) is 97.6.